The topological polar surface area (TPSA) is 25.8 Å². The van der Waals surface area contributed by atoms with Gasteiger partial charge in [-0.05, 0) is 95.5 Å². The average molecular weight is 814 g/mol. The molecular weight excluding hydrogens is 759 g/mol. The first-order chi connectivity index (χ1) is 29.1. The summed E-state index contributed by atoms with van der Waals surface area (Å²) >= 11 is 0. The molecule has 2 aliphatic heterocycles. The van der Waals surface area contributed by atoms with Gasteiger partial charge >= 0.3 is 11.5 Å². The first kappa shape index (κ1) is 37.9. The smallest absolute Gasteiger partial charge is 0.364 e. The van der Waals surface area contributed by atoms with E-state index in [-0.39, 0.29) is 10.8 Å². The Morgan fingerprint density at radius 1 is 0.689 bits per heavy atom. The lowest BCUT2D eigenvalue weighted by Crippen LogP contribution is -2.72. The normalized spacial score (nSPS) is 15.8. The van der Waals surface area contributed by atoms with Crippen LogP contribution in [-0.4, -0.2) is 12.6 Å². The van der Waals surface area contributed by atoms with Crippen molar-refractivity contribution in [3.05, 3.63) is 167 Å². The van der Waals surface area contributed by atoms with Crippen LogP contribution in [0, 0.1) is 12.3 Å². The summed E-state index contributed by atoms with van der Waals surface area (Å²) in [7, 11) is -1.87. The molecule has 1 atom stereocenters. The van der Waals surface area contributed by atoms with Crippen molar-refractivity contribution in [1.29, 1.82) is 0 Å². The Balaban J connectivity index is 1.37. The maximum Gasteiger partial charge on any atom is 0.364 e. The van der Waals surface area contributed by atoms with E-state index in [1.165, 1.54) is 60.9 Å². The highest BCUT2D eigenvalue weighted by Crippen LogP contribution is 2.53. The Morgan fingerprint density at radius 3 is 2.18 bits per heavy atom. The van der Waals surface area contributed by atoms with Crippen molar-refractivity contribution in [2.24, 2.45) is 5.41 Å². The van der Waals surface area contributed by atoms with Crippen molar-refractivity contribution in [3.8, 4) is 39.5 Å². The highest BCUT2D eigenvalue weighted by molar-refractivity contribution is 6.89. The Morgan fingerprint density at radius 2 is 1.43 bits per heavy atom. The van der Waals surface area contributed by atoms with Gasteiger partial charge in [-0.2, -0.15) is 4.57 Å². The number of imidazole rings is 1. The standard InChI is InChI=1S/C56H55N3OSi/c1-35-24-26-41-44(30-35)56(57-34-50(61(8,9)10)37(31-48(41)57)33-54(2,3)4)43-28-27-40-39-20-14-17-23-49(39)60-52(40)51(43)53-58(46-21-15-16-22-47(46)59(53)56)45-29-25-38(55(5,6)7)32-42(45)36-18-12-11-13-19-36/h11-32,34H,33H2,1-10H3/q+2. The average Bonchev–Trinajstić information content (AvgIpc) is 3.92. The molecular formula is C56H55N3OSi+2. The maximum atomic E-state index is 7.14. The van der Waals surface area contributed by atoms with E-state index in [0.29, 0.717) is 0 Å². The first-order valence-corrected chi connectivity index (χ1v) is 25.5. The lowest BCUT2D eigenvalue weighted by Gasteiger charge is -2.26. The van der Waals surface area contributed by atoms with Crippen molar-refractivity contribution in [2.45, 2.75) is 85.6 Å². The zero-order chi connectivity index (χ0) is 42.4. The summed E-state index contributed by atoms with van der Waals surface area (Å²) in [6.45, 7) is 23.8. The van der Waals surface area contributed by atoms with Gasteiger partial charge in [0.2, 0.25) is 5.69 Å². The van der Waals surface area contributed by atoms with Gasteiger partial charge in [-0.1, -0.05) is 140 Å². The quantitative estimate of drug-likeness (QED) is 0.128. The van der Waals surface area contributed by atoms with Gasteiger partial charge < -0.3 is 4.42 Å². The molecule has 5 heterocycles. The molecule has 0 N–H and O–H groups in total. The van der Waals surface area contributed by atoms with Crippen molar-refractivity contribution in [3.63, 3.8) is 0 Å². The van der Waals surface area contributed by atoms with Gasteiger partial charge in [0.05, 0.1) is 24.8 Å². The van der Waals surface area contributed by atoms with Gasteiger partial charge in [0.25, 0.3) is 0 Å². The molecule has 11 rings (SSSR count). The Hall–Kier alpha value is -6.04. The van der Waals surface area contributed by atoms with Crippen LogP contribution in [-0.2, 0) is 17.5 Å². The fourth-order valence-electron chi connectivity index (χ4n) is 10.7. The first-order valence-electron chi connectivity index (χ1n) is 22.0. The molecule has 61 heavy (non-hydrogen) atoms. The van der Waals surface area contributed by atoms with Gasteiger partial charge in [-0.25, -0.2) is 0 Å². The van der Waals surface area contributed by atoms with Gasteiger partial charge in [0.15, 0.2) is 22.8 Å². The molecule has 4 nitrogen and oxygen atoms in total. The number of hydrogen-bond acceptors (Lipinski definition) is 1. The van der Waals surface area contributed by atoms with Crippen LogP contribution in [0.1, 0.15) is 69.4 Å². The summed E-state index contributed by atoms with van der Waals surface area (Å²) in [5.41, 5.74) is 17.4. The van der Waals surface area contributed by atoms with Gasteiger partial charge in [0, 0.05) is 27.6 Å². The molecule has 0 saturated heterocycles. The summed E-state index contributed by atoms with van der Waals surface area (Å²) in [5, 5.41) is 3.79. The highest BCUT2D eigenvalue weighted by atomic mass is 28.3. The minimum absolute atomic E-state index is 0.0275. The Bertz CT molecular complexity index is 3290. The van der Waals surface area contributed by atoms with E-state index in [2.05, 4.69) is 221 Å². The van der Waals surface area contributed by atoms with Crippen molar-refractivity contribution in [1.82, 2.24) is 4.57 Å². The van der Waals surface area contributed by atoms with E-state index in [9.17, 15) is 0 Å². The number of hydrogen-bond donors (Lipinski definition) is 0. The van der Waals surface area contributed by atoms with Gasteiger partial charge in [-0.3, -0.25) is 0 Å². The van der Waals surface area contributed by atoms with Crippen LogP contribution in [0.2, 0.25) is 19.6 Å². The van der Waals surface area contributed by atoms with Crippen LogP contribution in [0.3, 0.4) is 0 Å². The van der Waals surface area contributed by atoms with Crippen LogP contribution in [0.25, 0.3) is 72.4 Å². The van der Waals surface area contributed by atoms with E-state index < -0.39 is 13.7 Å². The van der Waals surface area contributed by atoms with Gasteiger partial charge in [-0.15, -0.1) is 9.13 Å². The number of rotatable bonds is 4. The lowest BCUT2D eigenvalue weighted by molar-refractivity contribution is -0.944. The van der Waals surface area contributed by atoms with Crippen LogP contribution < -0.4 is 14.3 Å². The molecule has 1 unspecified atom stereocenters. The fraction of sp³-hybridized carbons (Fsp3) is 0.250. The van der Waals surface area contributed by atoms with Crippen LogP contribution in [0.15, 0.2) is 144 Å². The summed E-state index contributed by atoms with van der Waals surface area (Å²) in [4.78, 5) is 0. The van der Waals surface area contributed by atoms with Crippen molar-refractivity contribution < 1.29 is 13.6 Å². The number of para-hydroxylation sites is 3. The van der Waals surface area contributed by atoms with Crippen LogP contribution >= 0.6 is 0 Å². The molecule has 0 amide bonds. The van der Waals surface area contributed by atoms with E-state index in [1.54, 1.807) is 0 Å². The molecule has 302 valence electrons. The van der Waals surface area contributed by atoms with E-state index in [4.69, 9.17) is 4.42 Å². The fourth-order valence-corrected chi connectivity index (χ4v) is 12.3. The van der Waals surface area contributed by atoms with E-state index in [0.717, 1.165) is 51.0 Å². The zero-order valence-electron chi connectivity index (χ0n) is 37.2. The number of aryl methyl sites for hydroxylation is 1. The number of aromatic nitrogens is 3. The number of furan rings is 1. The minimum atomic E-state index is -1.87. The number of benzene rings is 6. The molecule has 6 aromatic carbocycles. The maximum absolute atomic E-state index is 7.14. The molecule has 2 aliphatic rings. The second-order valence-electron chi connectivity index (χ2n) is 21.0. The van der Waals surface area contributed by atoms with E-state index >= 15 is 0 Å². The van der Waals surface area contributed by atoms with E-state index in [1.807, 2.05) is 0 Å². The molecule has 0 saturated carbocycles. The van der Waals surface area contributed by atoms with Crippen molar-refractivity contribution >= 4 is 46.2 Å². The molecule has 5 heteroatoms. The Labute approximate surface area is 360 Å². The summed E-state index contributed by atoms with van der Waals surface area (Å²) in [5.74, 6) is 1.13. The largest absolute Gasteiger partial charge is 0.455 e. The second kappa shape index (κ2) is 12.7. The third-order valence-corrected chi connectivity index (χ3v) is 15.4. The zero-order valence-corrected chi connectivity index (χ0v) is 38.2. The predicted molar refractivity (Wildman–Crippen MR) is 255 cm³/mol. The lowest BCUT2D eigenvalue weighted by atomic mass is 9.85. The monoisotopic (exact) mass is 813 g/mol. The third-order valence-electron chi connectivity index (χ3n) is 13.3. The van der Waals surface area contributed by atoms with Crippen LogP contribution in [0.5, 0.6) is 0 Å². The second-order valence-corrected chi connectivity index (χ2v) is 26.0. The van der Waals surface area contributed by atoms with Gasteiger partial charge in [0.1, 0.15) is 16.8 Å². The molecule has 0 bridgehead atoms. The SMILES string of the molecule is Cc1ccc2c(c1)C1(c3ccc4c(oc5ccccc54)c3-c3n(-c4ccc(C(C)(C)C)cc4-c4ccccc4)c4ccccc4[n+]31)[n+]1cc([Si](C)(C)C)c(CC(C)(C)C)cc1-2. The summed E-state index contributed by atoms with van der Waals surface area (Å²) in [6, 6.07) is 50.2. The number of fused-ring (bicyclic) bond motifs is 16. The number of nitrogens with zero attached hydrogens (tertiary/aromatic N) is 3. The predicted octanol–water partition coefficient (Wildman–Crippen LogP) is 12.8. The van der Waals surface area contributed by atoms with Crippen molar-refractivity contribution in [2.75, 3.05) is 0 Å². The molecule has 0 radical (unpaired) electrons. The molecule has 9 aromatic rings. The van der Waals surface area contributed by atoms with Crippen LogP contribution in [0.4, 0.5) is 0 Å². The molecule has 1 spiro atoms. The molecule has 0 fully saturated rings. The molecule has 0 aliphatic carbocycles. The summed E-state index contributed by atoms with van der Waals surface area (Å²) < 4.78 is 15.1. The molecule has 3 aromatic heterocycles. The highest BCUT2D eigenvalue weighted by Gasteiger charge is 2.67. The Kier molecular flexibility index (Phi) is 7.92. The third kappa shape index (κ3) is 5.42. The minimum Gasteiger partial charge on any atom is -0.455 e. The summed E-state index contributed by atoms with van der Waals surface area (Å²) in [6.07, 6.45) is 3.61. The number of pyridine rings is 1.